The van der Waals surface area contributed by atoms with Gasteiger partial charge < -0.3 is 14.8 Å². The Bertz CT molecular complexity index is 740. The number of nitrogens with zero attached hydrogens (tertiary/aromatic N) is 3. The van der Waals surface area contributed by atoms with Crippen LogP contribution in [0.1, 0.15) is 20.1 Å². The average molecular weight is 422 g/mol. The van der Waals surface area contributed by atoms with E-state index >= 15 is 0 Å². The van der Waals surface area contributed by atoms with Crippen molar-refractivity contribution in [1.29, 1.82) is 0 Å². The second-order valence-corrected chi connectivity index (χ2v) is 7.27. The molecular formula is C16H19Cl3N4O3. The van der Waals surface area contributed by atoms with Crippen molar-refractivity contribution in [3.63, 3.8) is 0 Å². The van der Waals surface area contributed by atoms with Gasteiger partial charge in [-0.2, -0.15) is 5.10 Å². The minimum atomic E-state index is -0.859. The highest BCUT2D eigenvalue weighted by molar-refractivity contribution is 6.35. The summed E-state index contributed by atoms with van der Waals surface area (Å²) in [7, 11) is 1.47. The zero-order chi connectivity index (χ0) is 19.3. The highest BCUT2D eigenvalue weighted by Crippen LogP contribution is 2.37. The second kappa shape index (κ2) is 8.79. The number of carbonyl (C=O) groups excluding carboxylic acids is 1. The Balaban J connectivity index is 2.45. The number of hydrogen-bond donors (Lipinski definition) is 1. The van der Waals surface area contributed by atoms with Crippen molar-refractivity contribution in [2.24, 2.45) is 5.41 Å². The highest BCUT2D eigenvalue weighted by atomic mass is 35.5. The first kappa shape index (κ1) is 20.6. The van der Waals surface area contributed by atoms with Crippen LogP contribution in [0.5, 0.6) is 5.75 Å². The number of rotatable bonds is 7. The number of ether oxygens (including phenoxy) is 2. The first-order valence-corrected chi connectivity index (χ1v) is 8.97. The molecule has 0 saturated carbocycles. The van der Waals surface area contributed by atoms with Crippen molar-refractivity contribution in [3.8, 4) is 5.75 Å². The third-order valence-electron chi connectivity index (χ3n) is 3.65. The van der Waals surface area contributed by atoms with E-state index < -0.39 is 23.8 Å². The summed E-state index contributed by atoms with van der Waals surface area (Å²) >= 11 is 18.3. The number of alkyl carbamates (subject to hydrolysis) is 1. The molecule has 1 aromatic carbocycles. The maximum absolute atomic E-state index is 11.9. The number of amides is 1. The molecule has 0 aliphatic rings. The Morgan fingerprint density at radius 3 is 2.65 bits per heavy atom. The number of carbonyl (C=O) groups is 1. The summed E-state index contributed by atoms with van der Waals surface area (Å²) in [5, 5.41) is 7.33. The van der Waals surface area contributed by atoms with Crippen LogP contribution < -0.4 is 10.1 Å². The number of nitrogens with one attached hydrogen (secondary N) is 1. The molecule has 142 valence electrons. The van der Waals surface area contributed by atoms with E-state index in [0.717, 1.165) is 0 Å². The molecule has 1 aromatic heterocycles. The molecule has 0 bridgehead atoms. The lowest BCUT2D eigenvalue weighted by molar-refractivity contribution is -0.0778. The van der Waals surface area contributed by atoms with E-state index in [9.17, 15) is 4.79 Å². The van der Waals surface area contributed by atoms with Gasteiger partial charge in [0.15, 0.2) is 6.10 Å². The molecular weight excluding hydrogens is 403 g/mol. The van der Waals surface area contributed by atoms with E-state index in [1.54, 1.807) is 18.2 Å². The van der Waals surface area contributed by atoms with Gasteiger partial charge in [-0.3, -0.25) is 0 Å². The van der Waals surface area contributed by atoms with Crippen molar-refractivity contribution >= 4 is 40.9 Å². The first-order chi connectivity index (χ1) is 12.3. The van der Waals surface area contributed by atoms with E-state index in [2.05, 4.69) is 15.4 Å². The molecule has 7 nitrogen and oxygen atoms in total. The van der Waals surface area contributed by atoms with Crippen LogP contribution in [0.2, 0.25) is 10.0 Å². The van der Waals surface area contributed by atoms with Gasteiger partial charge in [-0.25, -0.2) is 14.5 Å². The Hall–Kier alpha value is -1.70. The summed E-state index contributed by atoms with van der Waals surface area (Å²) in [5.41, 5.74) is -0.649. The van der Waals surface area contributed by atoms with E-state index in [-0.39, 0.29) is 5.88 Å². The van der Waals surface area contributed by atoms with Gasteiger partial charge in [0.1, 0.15) is 18.4 Å². The Labute approximate surface area is 166 Å². The summed E-state index contributed by atoms with van der Waals surface area (Å²) in [4.78, 5) is 15.8. The summed E-state index contributed by atoms with van der Waals surface area (Å²) in [6, 6.07) is 4.82. The minimum Gasteiger partial charge on any atom is -0.463 e. The summed E-state index contributed by atoms with van der Waals surface area (Å²) in [5.74, 6) is 0.560. The fraction of sp³-hybridized carbons (Fsp3) is 0.438. The second-order valence-electron chi connectivity index (χ2n) is 6.16. The zero-order valence-electron chi connectivity index (χ0n) is 14.4. The van der Waals surface area contributed by atoms with E-state index in [1.807, 2.05) is 13.8 Å². The van der Waals surface area contributed by atoms with Crippen molar-refractivity contribution in [3.05, 3.63) is 40.9 Å². The van der Waals surface area contributed by atoms with Gasteiger partial charge in [0.25, 0.3) is 0 Å². The van der Waals surface area contributed by atoms with Crippen LogP contribution in [0.15, 0.2) is 30.9 Å². The van der Waals surface area contributed by atoms with E-state index in [0.29, 0.717) is 15.8 Å². The van der Waals surface area contributed by atoms with Crippen LogP contribution in [0.4, 0.5) is 4.79 Å². The molecule has 26 heavy (non-hydrogen) atoms. The van der Waals surface area contributed by atoms with Gasteiger partial charge >= 0.3 is 6.09 Å². The molecule has 1 amide bonds. The molecule has 0 fully saturated rings. The molecule has 0 aliphatic carbocycles. The Morgan fingerprint density at radius 2 is 2.12 bits per heavy atom. The number of aromatic nitrogens is 3. The molecule has 10 heteroatoms. The van der Waals surface area contributed by atoms with Crippen molar-refractivity contribution in [2.45, 2.75) is 26.2 Å². The number of hydrogen-bond acceptors (Lipinski definition) is 5. The first-order valence-electron chi connectivity index (χ1n) is 7.68. The van der Waals surface area contributed by atoms with Crippen LogP contribution >= 0.6 is 34.8 Å². The van der Waals surface area contributed by atoms with Crippen LogP contribution in [0, 0.1) is 5.41 Å². The lowest BCUT2D eigenvalue weighted by Gasteiger charge is -2.37. The Morgan fingerprint density at radius 1 is 1.38 bits per heavy atom. The molecule has 2 atom stereocenters. The van der Waals surface area contributed by atoms with Gasteiger partial charge in [0.2, 0.25) is 6.23 Å². The lowest BCUT2D eigenvalue weighted by atomic mass is 9.87. The maximum Gasteiger partial charge on any atom is 0.407 e. The monoisotopic (exact) mass is 420 g/mol. The lowest BCUT2D eigenvalue weighted by Crippen LogP contribution is -2.46. The average Bonchev–Trinajstić information content (AvgIpc) is 3.13. The third kappa shape index (κ3) is 4.93. The fourth-order valence-electron chi connectivity index (χ4n) is 2.16. The van der Waals surface area contributed by atoms with Gasteiger partial charge in [-0.1, -0.05) is 37.0 Å². The molecule has 2 aromatic rings. The van der Waals surface area contributed by atoms with E-state index in [1.165, 1.54) is 24.4 Å². The zero-order valence-corrected chi connectivity index (χ0v) is 16.7. The standard InChI is InChI=1S/C16H19Cl3N4O3/c1-16(2,7-17)13(26-15(24)20-3)14(23-9-21-8-22-23)25-12-5-4-10(18)6-11(12)19/h4-6,8-9,13-14H,7H2,1-3H3,(H,20,24). The SMILES string of the molecule is CNC(=O)OC(C(Oc1ccc(Cl)cc1Cl)n1cncn1)C(C)(C)CCl. The highest BCUT2D eigenvalue weighted by Gasteiger charge is 2.42. The molecule has 0 radical (unpaired) electrons. The molecule has 0 aliphatic heterocycles. The molecule has 0 saturated heterocycles. The molecule has 1 N–H and O–H groups in total. The number of alkyl halides is 1. The third-order valence-corrected chi connectivity index (χ3v) is 4.87. The van der Waals surface area contributed by atoms with Crippen LogP contribution in [-0.2, 0) is 4.74 Å². The smallest absolute Gasteiger partial charge is 0.407 e. The van der Waals surface area contributed by atoms with Crippen LogP contribution in [-0.4, -0.2) is 39.9 Å². The quantitative estimate of drug-likeness (QED) is 0.679. The normalized spacial score (nSPS) is 13.8. The minimum absolute atomic E-state index is 0.206. The molecule has 0 spiro atoms. The van der Waals surface area contributed by atoms with Crippen LogP contribution in [0.25, 0.3) is 0 Å². The predicted octanol–water partition coefficient (Wildman–Crippen LogP) is 4.15. The maximum atomic E-state index is 11.9. The largest absolute Gasteiger partial charge is 0.463 e. The number of halogens is 3. The topological polar surface area (TPSA) is 78.3 Å². The molecule has 2 unspecified atom stereocenters. The van der Waals surface area contributed by atoms with Gasteiger partial charge in [-0.05, 0) is 18.2 Å². The van der Waals surface area contributed by atoms with E-state index in [4.69, 9.17) is 44.3 Å². The van der Waals surface area contributed by atoms with Crippen molar-refractivity contribution in [1.82, 2.24) is 20.1 Å². The summed E-state index contributed by atoms with van der Waals surface area (Å²) < 4.78 is 13.0. The van der Waals surface area contributed by atoms with Gasteiger partial charge in [-0.15, -0.1) is 11.6 Å². The fourth-order valence-corrected chi connectivity index (χ4v) is 2.76. The van der Waals surface area contributed by atoms with Crippen molar-refractivity contribution < 1.29 is 14.3 Å². The van der Waals surface area contributed by atoms with Crippen molar-refractivity contribution in [2.75, 3.05) is 12.9 Å². The predicted molar refractivity (Wildman–Crippen MR) is 100.0 cm³/mol. The van der Waals surface area contributed by atoms with Crippen LogP contribution in [0.3, 0.4) is 0 Å². The summed E-state index contributed by atoms with van der Waals surface area (Å²) in [6.07, 6.45) is 0.531. The summed E-state index contributed by atoms with van der Waals surface area (Å²) in [6.45, 7) is 3.70. The van der Waals surface area contributed by atoms with Gasteiger partial charge in [0, 0.05) is 23.4 Å². The van der Waals surface area contributed by atoms with Gasteiger partial charge in [0.05, 0.1) is 5.02 Å². The molecule has 2 rings (SSSR count). The number of benzene rings is 1. The Kier molecular flexibility index (Phi) is 6.97. The molecule has 1 heterocycles.